The Labute approximate surface area is 167 Å². The first-order valence-corrected chi connectivity index (χ1v) is 10.1. The number of amides is 1. The van der Waals surface area contributed by atoms with Gasteiger partial charge in [0.25, 0.3) is 5.91 Å². The quantitative estimate of drug-likeness (QED) is 0.578. The number of nitrogens with zero attached hydrogens (tertiary/aromatic N) is 3. The zero-order valence-corrected chi connectivity index (χ0v) is 17.0. The molecule has 7 nitrogen and oxygen atoms in total. The summed E-state index contributed by atoms with van der Waals surface area (Å²) in [5.41, 5.74) is 0.982. The standard InChI is InChI=1S/C20H24N4O3S/c1-13(2)24-17(11-12-21-24)23-20(26)14(3)27-19(25)10-6-9-18-22-15-7-4-5-8-16(15)28-18/h4-5,7-8,11-14H,6,9-10H2,1-3H3,(H,23,26)/t14-/m0/s1. The van der Waals surface area contributed by atoms with Crippen LogP contribution in [0.1, 0.15) is 44.7 Å². The van der Waals surface area contributed by atoms with E-state index in [1.807, 2.05) is 38.1 Å². The van der Waals surface area contributed by atoms with Gasteiger partial charge in [0.05, 0.1) is 21.4 Å². The molecule has 0 unspecified atom stereocenters. The van der Waals surface area contributed by atoms with Crippen LogP contribution in [-0.2, 0) is 20.7 Å². The minimum absolute atomic E-state index is 0.116. The number of carbonyl (C=O) groups excluding carboxylic acids is 2. The molecule has 1 atom stereocenters. The third-order valence-corrected chi connectivity index (χ3v) is 5.29. The summed E-state index contributed by atoms with van der Waals surface area (Å²) in [7, 11) is 0. The fraction of sp³-hybridized carbons (Fsp3) is 0.400. The molecule has 0 aliphatic heterocycles. The topological polar surface area (TPSA) is 86.1 Å². The van der Waals surface area contributed by atoms with Crippen LogP contribution >= 0.6 is 11.3 Å². The highest BCUT2D eigenvalue weighted by Gasteiger charge is 2.19. The van der Waals surface area contributed by atoms with Crippen molar-refractivity contribution in [2.24, 2.45) is 0 Å². The fourth-order valence-electron chi connectivity index (χ4n) is 2.77. The number of fused-ring (bicyclic) bond motifs is 1. The lowest BCUT2D eigenvalue weighted by Gasteiger charge is -2.15. The number of benzene rings is 1. The minimum Gasteiger partial charge on any atom is -0.453 e. The third kappa shape index (κ3) is 4.95. The van der Waals surface area contributed by atoms with Gasteiger partial charge in [-0.3, -0.25) is 9.59 Å². The molecule has 1 amide bonds. The predicted molar refractivity (Wildman–Crippen MR) is 109 cm³/mol. The van der Waals surface area contributed by atoms with Crippen molar-refractivity contribution in [1.29, 1.82) is 0 Å². The molecular weight excluding hydrogens is 376 g/mol. The summed E-state index contributed by atoms with van der Waals surface area (Å²) >= 11 is 1.64. The summed E-state index contributed by atoms with van der Waals surface area (Å²) in [6.07, 6.45) is 2.34. The summed E-state index contributed by atoms with van der Waals surface area (Å²) in [6, 6.07) is 9.80. The molecule has 0 saturated heterocycles. The van der Waals surface area contributed by atoms with Gasteiger partial charge in [-0.25, -0.2) is 9.67 Å². The van der Waals surface area contributed by atoms with Crippen molar-refractivity contribution < 1.29 is 14.3 Å². The Kier molecular flexibility index (Phi) is 6.41. The number of para-hydroxylation sites is 1. The normalized spacial score (nSPS) is 12.3. The van der Waals surface area contributed by atoms with Crippen molar-refractivity contribution in [1.82, 2.24) is 14.8 Å². The third-order valence-electron chi connectivity index (χ3n) is 4.20. The maximum atomic E-state index is 12.3. The van der Waals surface area contributed by atoms with Gasteiger partial charge in [-0.1, -0.05) is 12.1 Å². The molecule has 148 valence electrons. The van der Waals surface area contributed by atoms with E-state index in [9.17, 15) is 9.59 Å². The van der Waals surface area contributed by atoms with Crippen LogP contribution in [0.4, 0.5) is 5.82 Å². The van der Waals surface area contributed by atoms with Crippen molar-refractivity contribution >= 4 is 39.2 Å². The van der Waals surface area contributed by atoms with Gasteiger partial charge in [0.15, 0.2) is 6.10 Å². The van der Waals surface area contributed by atoms with E-state index in [4.69, 9.17) is 4.74 Å². The lowest BCUT2D eigenvalue weighted by atomic mass is 10.2. The number of carbonyl (C=O) groups is 2. The molecule has 0 aliphatic carbocycles. The lowest BCUT2D eigenvalue weighted by molar-refractivity contribution is -0.153. The zero-order valence-electron chi connectivity index (χ0n) is 16.2. The number of ether oxygens (including phenoxy) is 1. The Morgan fingerprint density at radius 1 is 1.21 bits per heavy atom. The molecule has 0 spiro atoms. The first kappa shape index (κ1) is 20.0. The average molecular weight is 401 g/mol. The zero-order chi connectivity index (χ0) is 20.1. The van der Waals surface area contributed by atoms with E-state index in [2.05, 4.69) is 15.4 Å². The summed E-state index contributed by atoms with van der Waals surface area (Å²) < 4.78 is 8.10. The highest BCUT2D eigenvalue weighted by atomic mass is 32.1. The largest absolute Gasteiger partial charge is 0.453 e. The van der Waals surface area contributed by atoms with Crippen LogP contribution in [-0.4, -0.2) is 32.7 Å². The van der Waals surface area contributed by atoms with E-state index in [1.165, 1.54) is 0 Å². The van der Waals surface area contributed by atoms with Crippen LogP contribution < -0.4 is 5.32 Å². The number of nitrogens with one attached hydrogen (secondary N) is 1. The summed E-state index contributed by atoms with van der Waals surface area (Å²) in [4.78, 5) is 28.9. The fourth-order valence-corrected chi connectivity index (χ4v) is 3.78. The predicted octanol–water partition coefficient (Wildman–Crippen LogP) is 3.97. The molecule has 0 radical (unpaired) electrons. The van der Waals surface area contributed by atoms with E-state index >= 15 is 0 Å². The number of thiazole rings is 1. The highest BCUT2D eigenvalue weighted by molar-refractivity contribution is 7.18. The number of anilines is 1. The van der Waals surface area contributed by atoms with Crippen molar-refractivity contribution in [2.45, 2.75) is 52.2 Å². The van der Waals surface area contributed by atoms with E-state index in [-0.39, 0.29) is 24.3 Å². The number of hydrogen-bond acceptors (Lipinski definition) is 6. The molecule has 0 fully saturated rings. The van der Waals surface area contributed by atoms with Crippen molar-refractivity contribution in [3.05, 3.63) is 41.5 Å². The monoisotopic (exact) mass is 400 g/mol. The van der Waals surface area contributed by atoms with Crippen LogP contribution in [0.2, 0.25) is 0 Å². The smallest absolute Gasteiger partial charge is 0.306 e. The van der Waals surface area contributed by atoms with Gasteiger partial charge < -0.3 is 10.1 Å². The number of rotatable bonds is 8. The second-order valence-corrected chi connectivity index (χ2v) is 7.92. The van der Waals surface area contributed by atoms with E-state index in [1.54, 1.807) is 35.2 Å². The molecular formula is C20H24N4O3S. The van der Waals surface area contributed by atoms with Crippen molar-refractivity contribution in [3.63, 3.8) is 0 Å². The Morgan fingerprint density at radius 2 is 2.00 bits per heavy atom. The Balaban J connectivity index is 1.44. The molecule has 2 aromatic heterocycles. The molecule has 0 aliphatic rings. The second kappa shape index (κ2) is 8.97. The second-order valence-electron chi connectivity index (χ2n) is 6.80. The molecule has 2 heterocycles. The lowest BCUT2D eigenvalue weighted by Crippen LogP contribution is -2.31. The van der Waals surface area contributed by atoms with Crippen molar-refractivity contribution in [2.75, 3.05) is 5.32 Å². The number of esters is 1. The van der Waals surface area contributed by atoms with E-state index in [0.717, 1.165) is 15.2 Å². The molecule has 1 N–H and O–H groups in total. The average Bonchev–Trinajstić information content (AvgIpc) is 3.27. The summed E-state index contributed by atoms with van der Waals surface area (Å²) in [6.45, 7) is 5.51. The molecule has 3 aromatic rings. The maximum Gasteiger partial charge on any atom is 0.306 e. The Hall–Kier alpha value is -2.74. The molecule has 3 rings (SSSR count). The van der Waals surface area contributed by atoms with E-state index in [0.29, 0.717) is 18.7 Å². The van der Waals surface area contributed by atoms with Gasteiger partial charge in [0, 0.05) is 18.5 Å². The number of aryl methyl sites for hydroxylation is 1. The maximum absolute atomic E-state index is 12.3. The molecule has 0 bridgehead atoms. The van der Waals surface area contributed by atoms with Gasteiger partial charge in [0.1, 0.15) is 5.82 Å². The van der Waals surface area contributed by atoms with Gasteiger partial charge >= 0.3 is 5.97 Å². The van der Waals surface area contributed by atoms with Crippen LogP contribution in [0.5, 0.6) is 0 Å². The summed E-state index contributed by atoms with van der Waals surface area (Å²) in [5, 5.41) is 7.91. The van der Waals surface area contributed by atoms with E-state index < -0.39 is 6.10 Å². The number of aromatic nitrogens is 3. The molecule has 8 heteroatoms. The highest BCUT2D eigenvalue weighted by Crippen LogP contribution is 2.22. The van der Waals surface area contributed by atoms with Gasteiger partial charge in [0.2, 0.25) is 0 Å². The molecule has 1 aromatic carbocycles. The minimum atomic E-state index is -0.870. The van der Waals surface area contributed by atoms with Crippen LogP contribution in [0.15, 0.2) is 36.5 Å². The van der Waals surface area contributed by atoms with Crippen LogP contribution in [0.3, 0.4) is 0 Å². The van der Waals surface area contributed by atoms with Gasteiger partial charge in [-0.05, 0) is 45.7 Å². The molecule has 0 saturated carbocycles. The molecule has 28 heavy (non-hydrogen) atoms. The van der Waals surface area contributed by atoms with Gasteiger partial charge in [-0.2, -0.15) is 5.10 Å². The first-order chi connectivity index (χ1) is 13.4. The van der Waals surface area contributed by atoms with Crippen LogP contribution in [0.25, 0.3) is 10.2 Å². The van der Waals surface area contributed by atoms with Crippen LogP contribution in [0, 0.1) is 0 Å². The first-order valence-electron chi connectivity index (χ1n) is 9.32. The number of hydrogen-bond donors (Lipinski definition) is 1. The van der Waals surface area contributed by atoms with Gasteiger partial charge in [-0.15, -0.1) is 11.3 Å². The Bertz CT molecular complexity index is 930. The van der Waals surface area contributed by atoms with Crippen molar-refractivity contribution in [3.8, 4) is 0 Å². The Morgan fingerprint density at radius 3 is 2.75 bits per heavy atom. The summed E-state index contributed by atoms with van der Waals surface area (Å²) in [5.74, 6) is -0.179. The SMILES string of the molecule is CC(C)n1nccc1NC(=O)[C@H](C)OC(=O)CCCc1nc2ccccc2s1.